The highest BCUT2D eigenvalue weighted by molar-refractivity contribution is 5.90. The first kappa shape index (κ1) is 34.2. The highest BCUT2D eigenvalue weighted by Gasteiger charge is 2.29. The molecule has 1 aromatic rings. The number of carbonyl (C=O) groups excluding carboxylic acids is 2. The predicted octanol–water partition coefficient (Wildman–Crippen LogP) is 7.52. The van der Waals surface area contributed by atoms with Crippen LogP contribution < -0.4 is 4.57 Å². The number of hydrogen-bond acceptors (Lipinski definition) is 5. The van der Waals surface area contributed by atoms with E-state index >= 15 is 0 Å². The molecule has 0 radical (unpaired) electrons. The van der Waals surface area contributed by atoms with Crippen LogP contribution in [0.1, 0.15) is 129 Å². The zero-order valence-corrected chi connectivity index (χ0v) is 25.7. The lowest BCUT2D eigenvalue weighted by atomic mass is 10.0. The van der Waals surface area contributed by atoms with Crippen molar-refractivity contribution in [2.24, 2.45) is 0 Å². The minimum atomic E-state index is -0.625. The zero-order valence-electron chi connectivity index (χ0n) is 25.7. The molecule has 1 saturated heterocycles. The number of unbranched alkanes of at least 4 members (excludes halogenated alkanes) is 13. The van der Waals surface area contributed by atoms with Crippen LogP contribution in [0.5, 0.6) is 0 Å². The Kier molecular flexibility index (Phi) is 18.6. The number of nitrogens with zero attached hydrogens (tertiary/aromatic N) is 2. The first-order chi connectivity index (χ1) is 19.5. The monoisotopic (exact) mass is 561 g/mol. The first-order valence-corrected chi connectivity index (χ1v) is 16.2. The standard InChI is InChI=1S/C33H57N2O5/c1-4-6-7-8-9-10-11-12-13-14-15-16-17-20-25-38-27-31-22-23-32(40-31)28-39-33(37)35(29(3)36)26-30-21-18-19-24-34(30)5-2/h18-19,21,24,31-32H,4-17,20,22-23,25-28H2,1-3H3/q+1. The minimum Gasteiger partial charge on any atom is -0.446 e. The maximum absolute atomic E-state index is 12.7. The summed E-state index contributed by atoms with van der Waals surface area (Å²) in [5.74, 6) is -0.335. The number of aromatic nitrogens is 1. The molecule has 2 rings (SSSR count). The van der Waals surface area contributed by atoms with E-state index in [2.05, 4.69) is 6.92 Å². The minimum absolute atomic E-state index is 0.0482. The van der Waals surface area contributed by atoms with Gasteiger partial charge in [-0.15, -0.1) is 0 Å². The van der Waals surface area contributed by atoms with E-state index < -0.39 is 6.09 Å². The molecule has 1 aliphatic rings. The van der Waals surface area contributed by atoms with Gasteiger partial charge in [-0.2, -0.15) is 0 Å². The number of hydrogen-bond donors (Lipinski definition) is 0. The molecule has 2 atom stereocenters. The summed E-state index contributed by atoms with van der Waals surface area (Å²) in [6, 6.07) is 5.75. The van der Waals surface area contributed by atoms with E-state index in [1.807, 2.05) is 35.9 Å². The highest BCUT2D eigenvalue weighted by atomic mass is 16.6. The van der Waals surface area contributed by atoms with Crippen LogP contribution in [0.2, 0.25) is 0 Å². The van der Waals surface area contributed by atoms with Gasteiger partial charge in [-0.1, -0.05) is 96.5 Å². The summed E-state index contributed by atoms with van der Waals surface area (Å²) in [5.41, 5.74) is 0.880. The lowest BCUT2D eigenvalue weighted by Gasteiger charge is -2.19. The summed E-state index contributed by atoms with van der Waals surface area (Å²) in [5, 5.41) is 0. The number of amides is 2. The van der Waals surface area contributed by atoms with Gasteiger partial charge in [-0.05, 0) is 26.2 Å². The largest absolute Gasteiger partial charge is 0.446 e. The SMILES string of the molecule is CCCCCCCCCCCCCCCCOCC1CCC(COC(=O)N(Cc2cccc[n+]2CC)C(C)=O)O1. The van der Waals surface area contributed by atoms with Gasteiger partial charge in [0.15, 0.2) is 6.20 Å². The maximum atomic E-state index is 12.7. The van der Waals surface area contributed by atoms with E-state index in [0.29, 0.717) is 6.61 Å². The maximum Gasteiger partial charge on any atom is 0.417 e. The molecule has 2 amide bonds. The van der Waals surface area contributed by atoms with Crippen molar-refractivity contribution in [3.05, 3.63) is 30.1 Å². The molecule has 40 heavy (non-hydrogen) atoms. The Hall–Kier alpha value is -1.99. The summed E-state index contributed by atoms with van der Waals surface area (Å²) < 4.78 is 19.4. The average molecular weight is 562 g/mol. The van der Waals surface area contributed by atoms with E-state index in [-0.39, 0.29) is 31.3 Å². The second-order valence-corrected chi connectivity index (χ2v) is 11.3. The quantitative estimate of drug-likeness (QED) is 0.108. The summed E-state index contributed by atoms with van der Waals surface area (Å²) in [6.07, 6.45) is 21.9. The Bertz CT molecular complexity index is 818. The van der Waals surface area contributed by atoms with Crippen molar-refractivity contribution < 1.29 is 28.4 Å². The number of aryl methyl sites for hydroxylation is 1. The molecule has 0 N–H and O–H groups in total. The summed E-state index contributed by atoms with van der Waals surface area (Å²) in [7, 11) is 0. The average Bonchev–Trinajstić information content (AvgIpc) is 3.42. The fourth-order valence-corrected chi connectivity index (χ4v) is 5.31. The third-order valence-electron chi connectivity index (χ3n) is 7.83. The third-order valence-corrected chi connectivity index (χ3v) is 7.83. The van der Waals surface area contributed by atoms with Gasteiger partial charge in [-0.3, -0.25) is 4.79 Å². The summed E-state index contributed by atoms with van der Waals surface area (Å²) in [4.78, 5) is 25.9. The van der Waals surface area contributed by atoms with E-state index in [4.69, 9.17) is 14.2 Å². The molecule has 1 aliphatic heterocycles. The number of carbonyl (C=O) groups is 2. The van der Waals surface area contributed by atoms with Gasteiger partial charge >= 0.3 is 6.09 Å². The van der Waals surface area contributed by atoms with Crippen LogP contribution in [0.4, 0.5) is 4.79 Å². The van der Waals surface area contributed by atoms with Crippen LogP contribution in [0.15, 0.2) is 24.4 Å². The van der Waals surface area contributed by atoms with Gasteiger partial charge in [0, 0.05) is 25.7 Å². The van der Waals surface area contributed by atoms with Crippen molar-refractivity contribution >= 4 is 12.0 Å². The second kappa shape index (κ2) is 21.7. The first-order valence-electron chi connectivity index (χ1n) is 16.2. The van der Waals surface area contributed by atoms with Crippen LogP contribution in [0, 0.1) is 0 Å². The molecule has 0 spiro atoms. The third kappa shape index (κ3) is 14.6. The summed E-state index contributed by atoms with van der Waals surface area (Å²) in [6.45, 7) is 8.16. The molecule has 0 saturated carbocycles. The van der Waals surface area contributed by atoms with E-state index in [1.54, 1.807) is 0 Å². The van der Waals surface area contributed by atoms with Crippen molar-refractivity contribution in [2.45, 2.75) is 149 Å². The predicted molar refractivity (Wildman–Crippen MR) is 159 cm³/mol. The van der Waals surface area contributed by atoms with Gasteiger partial charge in [-0.25, -0.2) is 14.3 Å². The highest BCUT2D eigenvalue weighted by Crippen LogP contribution is 2.21. The van der Waals surface area contributed by atoms with Crippen LogP contribution in [-0.4, -0.2) is 48.9 Å². The normalized spacial score (nSPS) is 16.8. The molecule has 1 aromatic heterocycles. The van der Waals surface area contributed by atoms with Crippen molar-refractivity contribution in [1.29, 1.82) is 0 Å². The molecule has 7 nitrogen and oxygen atoms in total. The molecule has 228 valence electrons. The van der Waals surface area contributed by atoms with Gasteiger partial charge in [0.2, 0.25) is 11.6 Å². The molecular weight excluding hydrogens is 504 g/mol. The van der Waals surface area contributed by atoms with Gasteiger partial charge in [0.05, 0.1) is 18.8 Å². The van der Waals surface area contributed by atoms with Crippen molar-refractivity contribution in [3.63, 3.8) is 0 Å². The Morgan fingerprint density at radius 1 is 0.850 bits per heavy atom. The van der Waals surface area contributed by atoms with Crippen molar-refractivity contribution in [1.82, 2.24) is 4.90 Å². The van der Waals surface area contributed by atoms with E-state index in [9.17, 15) is 9.59 Å². The van der Waals surface area contributed by atoms with Crippen molar-refractivity contribution in [3.8, 4) is 0 Å². The van der Waals surface area contributed by atoms with Crippen molar-refractivity contribution in [2.75, 3.05) is 19.8 Å². The molecule has 7 heteroatoms. The Morgan fingerprint density at radius 2 is 1.43 bits per heavy atom. The molecule has 2 unspecified atom stereocenters. The lowest BCUT2D eigenvalue weighted by molar-refractivity contribution is -0.701. The summed E-state index contributed by atoms with van der Waals surface area (Å²) >= 11 is 0. The number of pyridine rings is 1. The Labute approximate surface area is 243 Å². The molecule has 2 heterocycles. The van der Waals surface area contributed by atoms with E-state index in [0.717, 1.165) is 43.0 Å². The second-order valence-electron chi connectivity index (χ2n) is 11.3. The zero-order chi connectivity index (χ0) is 28.8. The van der Waals surface area contributed by atoms with Crippen LogP contribution in [0.25, 0.3) is 0 Å². The smallest absolute Gasteiger partial charge is 0.417 e. The fourth-order valence-electron chi connectivity index (χ4n) is 5.31. The molecule has 0 aromatic carbocycles. The van der Waals surface area contributed by atoms with Crippen LogP contribution >= 0.6 is 0 Å². The topological polar surface area (TPSA) is 69.0 Å². The van der Waals surface area contributed by atoms with Crippen LogP contribution in [0.3, 0.4) is 0 Å². The fraction of sp³-hybridized carbons (Fsp3) is 0.788. The lowest BCUT2D eigenvalue weighted by Crippen LogP contribution is -2.43. The molecule has 0 aliphatic carbocycles. The number of imide groups is 1. The number of rotatable bonds is 22. The van der Waals surface area contributed by atoms with Gasteiger partial charge in [0.25, 0.3) is 0 Å². The van der Waals surface area contributed by atoms with Crippen LogP contribution in [-0.2, 0) is 32.1 Å². The van der Waals surface area contributed by atoms with Gasteiger partial charge < -0.3 is 14.2 Å². The Morgan fingerprint density at radius 3 is 2.00 bits per heavy atom. The molecule has 1 fully saturated rings. The Balaban J connectivity index is 1.46. The van der Waals surface area contributed by atoms with E-state index in [1.165, 1.54) is 90.4 Å². The van der Waals surface area contributed by atoms with Gasteiger partial charge in [0.1, 0.15) is 19.7 Å². The number of ether oxygens (including phenoxy) is 3. The molecule has 0 bridgehead atoms. The molecular formula is C33H57N2O5+.